The van der Waals surface area contributed by atoms with Crippen molar-refractivity contribution in [1.82, 2.24) is 0 Å². The fourth-order valence-electron chi connectivity index (χ4n) is 2.72. The molecule has 1 fully saturated rings. The second kappa shape index (κ2) is 4.53. The summed E-state index contributed by atoms with van der Waals surface area (Å²) in [5.41, 5.74) is -0.116. The maximum absolute atomic E-state index is 14.1. The van der Waals surface area contributed by atoms with E-state index < -0.39 is 33.1 Å². The van der Waals surface area contributed by atoms with E-state index in [-0.39, 0.29) is 10.8 Å². The van der Waals surface area contributed by atoms with Crippen molar-refractivity contribution in [1.29, 1.82) is 0 Å². The molecule has 0 bridgehead atoms. The number of nitrogens with two attached hydrogens (primary N) is 1. The van der Waals surface area contributed by atoms with Crippen LogP contribution in [0, 0.1) is 17.2 Å². The molecule has 1 aromatic carbocycles. The van der Waals surface area contributed by atoms with Gasteiger partial charge in [0.25, 0.3) is 0 Å². The van der Waals surface area contributed by atoms with Gasteiger partial charge in [-0.25, -0.2) is 17.9 Å². The lowest BCUT2D eigenvalue weighted by atomic mass is 10.0. The van der Waals surface area contributed by atoms with Crippen LogP contribution in [0.2, 0.25) is 0 Å². The summed E-state index contributed by atoms with van der Waals surface area (Å²) in [5, 5.41) is 4.95. The van der Waals surface area contributed by atoms with E-state index in [9.17, 15) is 17.6 Å². The molecule has 0 amide bonds. The van der Waals surface area contributed by atoms with Crippen molar-refractivity contribution >= 4 is 16.0 Å². The number of carbonyl (C=O) groups excluding carboxylic acids is 1. The summed E-state index contributed by atoms with van der Waals surface area (Å²) < 4.78 is 41.1. The number of primary sulfonamides is 1. The van der Waals surface area contributed by atoms with Gasteiger partial charge >= 0.3 is 5.97 Å². The van der Waals surface area contributed by atoms with Crippen molar-refractivity contribution in [2.75, 3.05) is 7.11 Å². The van der Waals surface area contributed by atoms with Crippen LogP contribution in [0.3, 0.4) is 0 Å². The quantitative estimate of drug-likeness (QED) is 0.855. The zero-order chi connectivity index (χ0) is 15.3. The monoisotopic (exact) mass is 301 g/mol. The average molecular weight is 301 g/mol. The van der Waals surface area contributed by atoms with Crippen LogP contribution in [0.15, 0.2) is 23.1 Å². The number of hydrogen-bond donors (Lipinski definition) is 1. The minimum absolute atomic E-state index is 0.285. The molecule has 1 aromatic rings. The number of ether oxygens (including phenoxy) is 1. The maximum atomic E-state index is 14.1. The van der Waals surface area contributed by atoms with Crippen molar-refractivity contribution in [3.05, 3.63) is 29.6 Å². The molecule has 2 atom stereocenters. The number of carbonyl (C=O) groups is 1. The highest BCUT2D eigenvalue weighted by molar-refractivity contribution is 7.89. The van der Waals surface area contributed by atoms with Crippen LogP contribution < -0.4 is 5.14 Å². The predicted octanol–water partition coefficient (Wildman–Crippen LogP) is 1.39. The number of rotatable bonds is 3. The Hall–Kier alpha value is -1.47. The molecule has 20 heavy (non-hydrogen) atoms. The Morgan fingerprint density at radius 1 is 1.40 bits per heavy atom. The summed E-state index contributed by atoms with van der Waals surface area (Å²) >= 11 is 0. The first kappa shape index (κ1) is 14.9. The Kier molecular flexibility index (Phi) is 3.38. The van der Waals surface area contributed by atoms with Gasteiger partial charge in [-0.1, -0.05) is 19.9 Å². The van der Waals surface area contributed by atoms with Gasteiger partial charge in [-0.2, -0.15) is 0 Å². The number of sulfonamides is 1. The molecular weight excluding hydrogens is 285 g/mol. The first-order valence-corrected chi connectivity index (χ1v) is 7.55. The molecule has 2 rings (SSSR count). The van der Waals surface area contributed by atoms with E-state index in [1.807, 2.05) is 13.8 Å². The standard InChI is InChI=1S/C13H16FNO4S/c1-13(2)10(11(13)12(16)19-3)8-5-4-7(6-9(8)14)20(15,17)18/h4-6,10-11H,1-3H3,(H2,15,17,18). The predicted molar refractivity (Wildman–Crippen MR) is 69.8 cm³/mol. The second-order valence-electron chi connectivity index (χ2n) is 5.53. The lowest BCUT2D eigenvalue weighted by Crippen LogP contribution is -2.12. The summed E-state index contributed by atoms with van der Waals surface area (Å²) in [7, 11) is -2.66. The molecule has 0 aromatic heterocycles. The van der Waals surface area contributed by atoms with E-state index in [2.05, 4.69) is 0 Å². The molecule has 1 saturated carbocycles. The van der Waals surface area contributed by atoms with Crippen LogP contribution in [-0.4, -0.2) is 21.5 Å². The van der Waals surface area contributed by atoms with Crippen molar-refractivity contribution in [2.24, 2.45) is 16.5 Å². The first-order chi connectivity index (χ1) is 9.10. The van der Waals surface area contributed by atoms with Crippen LogP contribution in [0.4, 0.5) is 4.39 Å². The molecule has 0 radical (unpaired) electrons. The highest BCUT2D eigenvalue weighted by Crippen LogP contribution is 2.65. The smallest absolute Gasteiger partial charge is 0.309 e. The number of methoxy groups -OCH3 is 1. The third-order valence-corrected chi connectivity index (χ3v) is 4.83. The number of hydrogen-bond acceptors (Lipinski definition) is 4. The van der Waals surface area contributed by atoms with E-state index in [1.165, 1.54) is 19.2 Å². The lowest BCUT2D eigenvalue weighted by Gasteiger charge is -2.06. The summed E-state index contributed by atoms with van der Waals surface area (Å²) in [5.74, 6) is -1.83. The zero-order valence-electron chi connectivity index (χ0n) is 11.4. The van der Waals surface area contributed by atoms with E-state index in [4.69, 9.17) is 9.88 Å². The summed E-state index contributed by atoms with van der Waals surface area (Å²) in [4.78, 5) is 11.4. The van der Waals surface area contributed by atoms with E-state index in [1.54, 1.807) is 0 Å². The minimum Gasteiger partial charge on any atom is -0.469 e. The van der Waals surface area contributed by atoms with E-state index in [0.717, 1.165) is 6.07 Å². The fourth-order valence-corrected chi connectivity index (χ4v) is 3.25. The largest absolute Gasteiger partial charge is 0.469 e. The maximum Gasteiger partial charge on any atom is 0.309 e. The fraction of sp³-hybridized carbons (Fsp3) is 0.462. The van der Waals surface area contributed by atoms with Crippen LogP contribution in [0.1, 0.15) is 25.3 Å². The van der Waals surface area contributed by atoms with E-state index >= 15 is 0 Å². The van der Waals surface area contributed by atoms with Gasteiger partial charge < -0.3 is 4.74 Å². The third-order valence-electron chi connectivity index (χ3n) is 3.92. The van der Waals surface area contributed by atoms with Crippen molar-refractivity contribution < 1.29 is 22.3 Å². The van der Waals surface area contributed by atoms with Gasteiger partial charge in [0, 0.05) is 5.92 Å². The van der Waals surface area contributed by atoms with Gasteiger partial charge in [0.2, 0.25) is 10.0 Å². The van der Waals surface area contributed by atoms with Gasteiger partial charge in [-0.15, -0.1) is 0 Å². The van der Waals surface area contributed by atoms with E-state index in [0.29, 0.717) is 5.56 Å². The molecule has 0 aliphatic heterocycles. The Bertz CT molecular complexity index is 669. The third kappa shape index (κ3) is 2.31. The van der Waals surface area contributed by atoms with Crippen LogP contribution >= 0.6 is 0 Å². The molecule has 1 aliphatic rings. The van der Waals surface area contributed by atoms with Gasteiger partial charge in [-0.3, -0.25) is 4.79 Å². The number of benzene rings is 1. The van der Waals surface area contributed by atoms with Gasteiger partial charge in [0.1, 0.15) is 5.82 Å². The van der Waals surface area contributed by atoms with Gasteiger partial charge in [0.05, 0.1) is 17.9 Å². The molecule has 2 N–H and O–H groups in total. The van der Waals surface area contributed by atoms with Crippen LogP contribution in [0.5, 0.6) is 0 Å². The topological polar surface area (TPSA) is 86.5 Å². The molecule has 2 unspecified atom stereocenters. The molecule has 1 aliphatic carbocycles. The molecule has 0 heterocycles. The highest BCUT2D eigenvalue weighted by atomic mass is 32.2. The molecule has 0 spiro atoms. The Morgan fingerprint density at radius 2 is 2.00 bits per heavy atom. The molecule has 5 nitrogen and oxygen atoms in total. The van der Waals surface area contributed by atoms with Gasteiger partial charge in [0.15, 0.2) is 0 Å². The van der Waals surface area contributed by atoms with Crippen molar-refractivity contribution in [2.45, 2.75) is 24.7 Å². The lowest BCUT2D eigenvalue weighted by molar-refractivity contribution is -0.143. The SMILES string of the molecule is COC(=O)C1C(c2ccc(S(N)(=O)=O)cc2F)C1(C)C. The molecule has 0 saturated heterocycles. The number of esters is 1. The second-order valence-corrected chi connectivity index (χ2v) is 7.09. The highest BCUT2D eigenvalue weighted by Gasteiger charge is 2.63. The molecule has 7 heteroatoms. The Morgan fingerprint density at radius 3 is 2.45 bits per heavy atom. The Balaban J connectivity index is 2.39. The summed E-state index contributed by atoms with van der Waals surface area (Å²) in [6.45, 7) is 3.68. The number of halogens is 1. The molecular formula is C13H16FNO4S. The normalized spacial score (nSPS) is 24.2. The average Bonchev–Trinajstić information content (AvgIpc) is 2.89. The summed E-state index contributed by atoms with van der Waals surface area (Å²) in [6.07, 6.45) is 0. The molecule has 110 valence electrons. The zero-order valence-corrected chi connectivity index (χ0v) is 12.2. The van der Waals surface area contributed by atoms with Crippen molar-refractivity contribution in [3.8, 4) is 0 Å². The van der Waals surface area contributed by atoms with Crippen LogP contribution in [0.25, 0.3) is 0 Å². The summed E-state index contributed by atoms with van der Waals surface area (Å²) in [6, 6.07) is 3.49. The first-order valence-electron chi connectivity index (χ1n) is 6.00. The van der Waals surface area contributed by atoms with Gasteiger partial charge in [-0.05, 0) is 23.1 Å². The van der Waals surface area contributed by atoms with Crippen LogP contribution in [-0.2, 0) is 19.6 Å². The Labute approximate surface area is 117 Å². The minimum atomic E-state index is -3.94. The van der Waals surface area contributed by atoms with Crippen molar-refractivity contribution in [3.63, 3.8) is 0 Å².